The molecule has 6 saturated carbocycles. The Labute approximate surface area is 596 Å². The number of allylic oxidation sites excluding steroid dienone is 8. The van der Waals surface area contributed by atoms with E-state index in [0.717, 1.165) is 62.0 Å². The van der Waals surface area contributed by atoms with E-state index in [-0.39, 0.29) is 101 Å². The smallest absolute Gasteiger partial charge is 0.746 e. The van der Waals surface area contributed by atoms with Crippen LogP contribution in [0.2, 0.25) is 0 Å². The largest absolute Gasteiger partial charge is 1.00 e. The Morgan fingerprint density at radius 3 is 1.74 bits per heavy atom. The van der Waals surface area contributed by atoms with Crippen LogP contribution in [0.15, 0.2) is 164 Å². The van der Waals surface area contributed by atoms with Gasteiger partial charge in [0, 0.05) is 70.0 Å². The fourth-order valence-corrected chi connectivity index (χ4v) is 20.5. The second-order valence-corrected chi connectivity index (χ2v) is 32.8. The molecule has 1 amide bonds. The number of nitrogens with two attached hydrogens (primary N) is 1. The van der Waals surface area contributed by atoms with E-state index in [4.69, 9.17) is 19.9 Å². The minimum absolute atomic E-state index is 0. The number of hydrogen-bond donors (Lipinski definition) is 9. The molecule has 1 unspecified atom stereocenters. The average molecular weight is 1400 g/mol. The van der Waals surface area contributed by atoms with Gasteiger partial charge in [-0.1, -0.05) is 111 Å². The van der Waals surface area contributed by atoms with Crippen LogP contribution in [0.25, 0.3) is 0 Å². The molecule has 7 fully saturated rings. The number of carbonyl (C=O) groups excluding carboxylic acids is 5. The van der Waals surface area contributed by atoms with Crippen molar-refractivity contribution < 1.29 is 116 Å². The van der Waals surface area contributed by atoms with Crippen molar-refractivity contribution in [3.05, 3.63) is 156 Å². The van der Waals surface area contributed by atoms with E-state index in [1.165, 1.54) is 23.9 Å². The predicted octanol–water partition coefficient (Wildman–Crippen LogP) is 6.28. The minimum atomic E-state index is -4.81. The molecule has 97 heavy (non-hydrogen) atoms. The van der Waals surface area contributed by atoms with Gasteiger partial charge in [0.1, 0.15) is 28.9 Å². The zero-order chi connectivity index (χ0) is 69.5. The maximum absolute atomic E-state index is 13.7. The van der Waals surface area contributed by atoms with Gasteiger partial charge in [0.2, 0.25) is 0 Å². The topological polar surface area (TPSA) is 350 Å². The van der Waals surface area contributed by atoms with E-state index < -0.39 is 110 Å². The first-order valence-electron chi connectivity index (χ1n) is 32.5. The Bertz CT molecular complexity index is 3950. The number of aliphatic hydroxyl groups is 7. The van der Waals surface area contributed by atoms with Crippen molar-refractivity contribution in [1.29, 1.82) is 0 Å². The van der Waals surface area contributed by atoms with Gasteiger partial charge < -0.3 is 60.2 Å². The van der Waals surface area contributed by atoms with Crippen LogP contribution in [-0.4, -0.2) is 132 Å². The number of aliphatic hydroxyl groups excluding tert-OH is 6. The summed E-state index contributed by atoms with van der Waals surface area (Å²) >= 11 is 2.97. The molecule has 8 aliphatic carbocycles. The summed E-state index contributed by atoms with van der Waals surface area (Å²) in [4.78, 5) is 65.6. The van der Waals surface area contributed by atoms with E-state index in [0.29, 0.717) is 24.2 Å². The fourth-order valence-electron chi connectivity index (χ4n) is 18.3. The van der Waals surface area contributed by atoms with Gasteiger partial charge in [-0.15, -0.1) is 0 Å². The molecule has 0 radical (unpaired) electrons. The molecule has 9 aliphatic rings. The van der Waals surface area contributed by atoms with Crippen LogP contribution >= 0.6 is 23.5 Å². The second-order valence-electron chi connectivity index (χ2n) is 29.1. The van der Waals surface area contributed by atoms with E-state index in [1.54, 1.807) is 94.1 Å². The standard InChI is InChI=1S/C34H37NO6S.C21H28O6.C18H21NO6S2.Na/c1-32-13-12-22(37)14-20(32)8-11-25-26-16-29-34(28(39)18-36,33(26,2)17-27(38)30(25)32)41-31(40-29)19-6-9-23(10-7-19)42-24-5-3-4-21(35)15-24;1-19-6-5-12(23)7-11(19)3-4-13-14-8-16(25)21(27,17(26)10-22)20(14,2)9-15(24)18(13)19;1-18(2,3)25-17(21)19-13-5-4-6-15(11-13)26-14-9-7-12(8-10-14)16(20)27(22,23)24;/h3-7,9-10,12-15,25-27,29-31,36,38H,8,11,16-18,35H2,1-2H3;5-7,13-16,18,22,24-25,27H,3-4,8-10H2,1-2H3;4-11,16,20H,1-3H3,(H,19,21)(H,22,23,24);/q;;;+1/p-1/t25-,26-,27-,29+,30+,31+,32-,33-,34+;13-,14-,15-,16+,18+,19-,20-,21-;;/m00../s1. The molecular formula is C73H85N2NaO18S3. The number of benzene rings is 4. The van der Waals surface area contributed by atoms with Crippen molar-refractivity contribution in [2.45, 2.75) is 172 Å². The fraction of sp³-hybridized carbons (Fsp3) is 0.493. The third-order valence-corrected chi connectivity index (χ3v) is 25.3. The number of carbonyl (C=O) groups is 5. The van der Waals surface area contributed by atoms with Crippen LogP contribution < -0.4 is 40.6 Å². The third kappa shape index (κ3) is 13.7. The Morgan fingerprint density at radius 1 is 0.722 bits per heavy atom. The molecule has 0 spiro atoms. The number of nitrogen functional groups attached to an aromatic ring is 1. The molecule has 4 aromatic carbocycles. The number of rotatable bonds is 12. The van der Waals surface area contributed by atoms with E-state index in [9.17, 15) is 72.7 Å². The minimum Gasteiger partial charge on any atom is -0.746 e. The molecule has 0 bridgehead atoms. The number of ether oxygens (including phenoxy) is 3. The van der Waals surface area contributed by atoms with Gasteiger partial charge in [-0.3, -0.25) is 24.5 Å². The van der Waals surface area contributed by atoms with Crippen molar-refractivity contribution in [3.63, 3.8) is 0 Å². The molecule has 10 N–H and O–H groups in total. The van der Waals surface area contributed by atoms with E-state index in [2.05, 4.69) is 19.2 Å². The molecule has 0 aromatic heterocycles. The van der Waals surface area contributed by atoms with Gasteiger partial charge >= 0.3 is 35.7 Å². The number of anilines is 2. The molecule has 1 saturated heterocycles. The zero-order valence-corrected chi connectivity index (χ0v) is 60.1. The number of fused-ring (bicyclic) bond motifs is 12. The Kier molecular flexibility index (Phi) is 21.5. The average Bonchev–Trinajstić information content (AvgIpc) is 1.54. The van der Waals surface area contributed by atoms with E-state index >= 15 is 0 Å². The number of amides is 1. The van der Waals surface area contributed by atoms with Gasteiger partial charge in [-0.2, -0.15) is 0 Å². The van der Waals surface area contributed by atoms with Crippen molar-refractivity contribution in [3.8, 4) is 0 Å². The molecule has 18 atom stereocenters. The SMILES string of the molecule is CC(C)(C)OC(=O)Nc1cccc(Sc2ccc(C(O)S(=O)(=O)[O-])cc2)c1.C[C@]12C=CC(=O)C=C1CC[C@@H]1[C@@H]2[C@@H](O)C[C@@]2(C)[C@H]1C[C@@H](O)[C@]2(O)C(=O)CO.C[C@]12C=CC(=O)C=C1CC[C@@H]1[C@@H]2[C@@H](O)C[C@@]2(C)[C@H]1C[C@H]1O[C@@H](c3ccc(Sc4cccc(N)c4)cc3)O[C@]12C(=O)CO.[Na+]. The van der Waals surface area contributed by atoms with Crippen molar-refractivity contribution in [2.75, 3.05) is 24.3 Å². The summed E-state index contributed by atoms with van der Waals surface area (Å²) in [6.07, 6.45) is 10.4. The first-order chi connectivity index (χ1) is 45.1. The first kappa shape index (κ1) is 74.5. The zero-order valence-electron chi connectivity index (χ0n) is 55.6. The molecule has 13 rings (SSSR count). The summed E-state index contributed by atoms with van der Waals surface area (Å²) in [7, 11) is -4.81. The van der Waals surface area contributed by atoms with Crippen molar-refractivity contribution in [1.82, 2.24) is 0 Å². The van der Waals surface area contributed by atoms with Gasteiger partial charge in [0.25, 0.3) is 0 Å². The van der Waals surface area contributed by atoms with Gasteiger partial charge in [-0.25, -0.2) is 13.2 Å². The Balaban J connectivity index is 0.000000164. The molecule has 20 nitrogen and oxygen atoms in total. The van der Waals surface area contributed by atoms with Gasteiger partial charge in [0.15, 0.2) is 46.1 Å². The van der Waals surface area contributed by atoms with Crippen molar-refractivity contribution in [2.24, 2.45) is 57.2 Å². The van der Waals surface area contributed by atoms with Crippen molar-refractivity contribution >= 4 is 74.2 Å². The molecule has 1 aliphatic heterocycles. The first-order valence-corrected chi connectivity index (χ1v) is 35.6. The predicted molar refractivity (Wildman–Crippen MR) is 356 cm³/mol. The molecule has 24 heteroatoms. The molecular weight excluding hydrogens is 1310 g/mol. The van der Waals surface area contributed by atoms with Crippen LogP contribution in [0.3, 0.4) is 0 Å². The number of hydrogen-bond acceptors (Lipinski definition) is 21. The Hall–Kier alpha value is -5.16. The van der Waals surface area contributed by atoms with Crippen LogP contribution in [0.1, 0.15) is 123 Å². The van der Waals surface area contributed by atoms with E-state index in [1.807, 2.05) is 73.7 Å². The summed E-state index contributed by atoms with van der Waals surface area (Å²) in [6.45, 7) is 11.8. The van der Waals surface area contributed by atoms with Crippen LogP contribution in [0, 0.1) is 57.2 Å². The van der Waals surface area contributed by atoms with Gasteiger partial charge in [-0.05, 0) is 186 Å². The summed E-state index contributed by atoms with van der Waals surface area (Å²) in [5.41, 5.74) is 1.49. The number of ketones is 4. The number of Topliss-reactive ketones (excluding diaryl/α,β-unsaturated/α-hetero) is 2. The monoisotopic (exact) mass is 1400 g/mol. The third-order valence-electron chi connectivity index (χ3n) is 22.5. The molecule has 1 heterocycles. The maximum Gasteiger partial charge on any atom is 1.00 e. The number of nitrogens with one attached hydrogen (secondary N) is 1. The quantitative estimate of drug-likeness (QED) is 0.0428. The molecule has 514 valence electrons. The normalized spacial score (nSPS) is 35.3. The van der Waals surface area contributed by atoms with Crippen LogP contribution in [0.4, 0.5) is 16.2 Å². The Morgan fingerprint density at radius 2 is 1.23 bits per heavy atom. The summed E-state index contributed by atoms with van der Waals surface area (Å²) in [5.74, 6) is -1.35. The van der Waals surface area contributed by atoms with Crippen LogP contribution in [-0.2, 0) is 43.5 Å². The second kappa shape index (κ2) is 28.0. The maximum atomic E-state index is 13.7. The summed E-state index contributed by atoms with van der Waals surface area (Å²) in [5, 5.41) is 76.5. The molecule has 4 aromatic rings. The van der Waals surface area contributed by atoms with Crippen LogP contribution in [0.5, 0.6) is 0 Å². The summed E-state index contributed by atoms with van der Waals surface area (Å²) in [6, 6.07) is 28.7. The summed E-state index contributed by atoms with van der Waals surface area (Å²) < 4.78 is 51.1. The van der Waals surface area contributed by atoms with Gasteiger partial charge in [0.05, 0.1) is 24.4 Å².